The molecule has 1 aliphatic rings. The molecule has 0 amide bonds. The molecular weight excluding hydrogens is 226 g/mol. The van der Waals surface area contributed by atoms with Crippen LogP contribution in [0.5, 0.6) is 0 Å². The Kier molecular flexibility index (Phi) is 3.79. The van der Waals surface area contributed by atoms with Crippen LogP contribution in [0.4, 0.5) is 5.95 Å². The number of nitrogens with one attached hydrogen (secondary N) is 1. The van der Waals surface area contributed by atoms with E-state index < -0.39 is 0 Å². The topological polar surface area (TPSA) is 78.9 Å². The summed E-state index contributed by atoms with van der Waals surface area (Å²) in [5.74, 6) is 0.721. The Morgan fingerprint density at radius 3 is 2.89 bits per heavy atom. The molecule has 0 spiro atoms. The average molecular weight is 247 g/mol. The van der Waals surface area contributed by atoms with Crippen molar-refractivity contribution in [3.05, 3.63) is 17.5 Å². The van der Waals surface area contributed by atoms with Crippen LogP contribution in [-0.4, -0.2) is 28.4 Å². The lowest BCUT2D eigenvalue weighted by molar-refractivity contribution is 0.604. The second-order valence-electron chi connectivity index (χ2n) is 5.00. The second-order valence-corrected chi connectivity index (χ2v) is 5.00. The predicted octanol–water partition coefficient (Wildman–Crippen LogP) is 1.84. The van der Waals surface area contributed by atoms with E-state index in [1.54, 1.807) is 6.07 Å². The van der Waals surface area contributed by atoms with Crippen molar-refractivity contribution in [1.29, 1.82) is 5.41 Å². The maximum Gasteiger partial charge on any atom is 0.226 e. The minimum Gasteiger partial charge on any atom is -0.382 e. The summed E-state index contributed by atoms with van der Waals surface area (Å²) in [4.78, 5) is 11.2. The van der Waals surface area contributed by atoms with Crippen molar-refractivity contribution in [2.75, 3.05) is 11.4 Å². The van der Waals surface area contributed by atoms with E-state index in [1.807, 2.05) is 6.92 Å². The van der Waals surface area contributed by atoms with E-state index in [4.69, 9.17) is 11.1 Å². The number of nitrogens with zero attached hydrogens (tertiary/aromatic N) is 3. The maximum absolute atomic E-state index is 7.51. The van der Waals surface area contributed by atoms with E-state index in [1.165, 1.54) is 25.7 Å². The van der Waals surface area contributed by atoms with Crippen LogP contribution >= 0.6 is 0 Å². The third-order valence-electron chi connectivity index (χ3n) is 3.43. The summed E-state index contributed by atoms with van der Waals surface area (Å²) in [5.41, 5.74) is 6.91. The van der Waals surface area contributed by atoms with Gasteiger partial charge in [0.2, 0.25) is 5.95 Å². The summed E-state index contributed by atoms with van der Waals surface area (Å²) in [6.07, 6.45) is 4.89. The number of nitrogen functional groups attached to an aromatic ring is 1. The normalized spacial score (nSPS) is 20.6. The zero-order valence-corrected chi connectivity index (χ0v) is 11.1. The highest BCUT2D eigenvalue weighted by atomic mass is 15.3. The number of amidine groups is 1. The third-order valence-corrected chi connectivity index (χ3v) is 3.43. The summed E-state index contributed by atoms with van der Waals surface area (Å²) in [6, 6.07) is 2.21. The van der Waals surface area contributed by atoms with Gasteiger partial charge < -0.3 is 10.6 Å². The Labute approximate surface area is 108 Å². The number of aryl methyl sites for hydroxylation is 1. The highest BCUT2D eigenvalue weighted by Crippen LogP contribution is 2.21. The van der Waals surface area contributed by atoms with E-state index >= 15 is 0 Å². The maximum atomic E-state index is 7.51. The third kappa shape index (κ3) is 2.78. The smallest absolute Gasteiger partial charge is 0.226 e. The largest absolute Gasteiger partial charge is 0.382 e. The molecule has 1 aromatic rings. The van der Waals surface area contributed by atoms with E-state index in [-0.39, 0.29) is 5.84 Å². The fourth-order valence-corrected chi connectivity index (χ4v) is 2.39. The van der Waals surface area contributed by atoms with Crippen LogP contribution in [0, 0.1) is 12.3 Å². The van der Waals surface area contributed by atoms with Gasteiger partial charge in [0.15, 0.2) is 0 Å². The summed E-state index contributed by atoms with van der Waals surface area (Å²) in [5, 5.41) is 7.51. The predicted molar refractivity (Wildman–Crippen MR) is 73.1 cm³/mol. The first-order valence-corrected chi connectivity index (χ1v) is 6.54. The molecule has 1 unspecified atom stereocenters. The number of hydrogen-bond acceptors (Lipinski definition) is 4. The van der Waals surface area contributed by atoms with Gasteiger partial charge in [0.05, 0.1) is 0 Å². The van der Waals surface area contributed by atoms with Gasteiger partial charge in [-0.2, -0.15) is 0 Å². The van der Waals surface area contributed by atoms with Crippen LogP contribution in [0.2, 0.25) is 0 Å². The molecule has 0 aliphatic carbocycles. The van der Waals surface area contributed by atoms with Crippen molar-refractivity contribution in [2.24, 2.45) is 5.73 Å². The SMILES string of the molecule is Cc1cc(C(=N)N)nc(N2CCCCCC2C)n1. The molecule has 1 saturated heterocycles. The summed E-state index contributed by atoms with van der Waals surface area (Å²) >= 11 is 0. The molecule has 3 N–H and O–H groups in total. The van der Waals surface area contributed by atoms with E-state index in [9.17, 15) is 0 Å². The lowest BCUT2D eigenvalue weighted by Crippen LogP contribution is -2.34. The molecule has 0 radical (unpaired) electrons. The quantitative estimate of drug-likeness (QED) is 0.617. The monoisotopic (exact) mass is 247 g/mol. The molecule has 5 heteroatoms. The summed E-state index contributed by atoms with van der Waals surface area (Å²) in [7, 11) is 0. The van der Waals surface area contributed by atoms with Gasteiger partial charge in [-0.15, -0.1) is 0 Å². The number of aromatic nitrogens is 2. The molecule has 0 saturated carbocycles. The Morgan fingerprint density at radius 2 is 2.17 bits per heavy atom. The molecule has 0 aromatic carbocycles. The highest BCUT2D eigenvalue weighted by molar-refractivity contribution is 5.93. The number of anilines is 1. The molecule has 5 nitrogen and oxygen atoms in total. The van der Waals surface area contributed by atoms with Gasteiger partial charge in [0.1, 0.15) is 11.5 Å². The Balaban J connectivity index is 2.33. The van der Waals surface area contributed by atoms with Crippen LogP contribution in [0.1, 0.15) is 44.0 Å². The van der Waals surface area contributed by atoms with Crippen LogP contribution in [0.3, 0.4) is 0 Å². The van der Waals surface area contributed by atoms with Gasteiger partial charge in [-0.25, -0.2) is 9.97 Å². The van der Waals surface area contributed by atoms with Crippen LogP contribution in [0.15, 0.2) is 6.07 Å². The molecule has 98 valence electrons. The van der Waals surface area contributed by atoms with Crippen LogP contribution < -0.4 is 10.6 Å². The van der Waals surface area contributed by atoms with Gasteiger partial charge >= 0.3 is 0 Å². The van der Waals surface area contributed by atoms with Crippen molar-refractivity contribution in [3.8, 4) is 0 Å². The number of rotatable bonds is 2. The van der Waals surface area contributed by atoms with Crippen molar-refractivity contribution < 1.29 is 0 Å². The molecule has 2 rings (SSSR count). The fourth-order valence-electron chi connectivity index (χ4n) is 2.39. The lowest BCUT2D eigenvalue weighted by Gasteiger charge is -2.27. The molecule has 2 heterocycles. The fraction of sp³-hybridized carbons (Fsp3) is 0.615. The zero-order valence-electron chi connectivity index (χ0n) is 11.1. The molecule has 18 heavy (non-hydrogen) atoms. The molecule has 1 aliphatic heterocycles. The Morgan fingerprint density at radius 1 is 1.39 bits per heavy atom. The number of nitrogens with two attached hydrogens (primary N) is 1. The minimum atomic E-state index is 0.00391. The Hall–Kier alpha value is -1.65. The van der Waals surface area contributed by atoms with E-state index in [2.05, 4.69) is 21.8 Å². The lowest BCUT2D eigenvalue weighted by atomic mass is 10.1. The first-order valence-electron chi connectivity index (χ1n) is 6.54. The first-order chi connectivity index (χ1) is 8.58. The Bertz CT molecular complexity index is 443. The van der Waals surface area contributed by atoms with Crippen molar-refractivity contribution in [1.82, 2.24) is 9.97 Å². The van der Waals surface area contributed by atoms with E-state index in [0.717, 1.165) is 18.2 Å². The first kappa shape index (κ1) is 12.8. The highest BCUT2D eigenvalue weighted by Gasteiger charge is 2.20. The minimum absolute atomic E-state index is 0.00391. The van der Waals surface area contributed by atoms with Gasteiger partial charge in [-0.05, 0) is 32.8 Å². The second kappa shape index (κ2) is 5.33. The molecular formula is C13H21N5. The molecule has 1 aromatic heterocycles. The molecule has 0 bridgehead atoms. The van der Waals surface area contributed by atoms with Gasteiger partial charge in [-0.3, -0.25) is 5.41 Å². The zero-order chi connectivity index (χ0) is 13.1. The summed E-state index contributed by atoms with van der Waals surface area (Å²) < 4.78 is 0. The van der Waals surface area contributed by atoms with Gasteiger partial charge in [-0.1, -0.05) is 12.8 Å². The number of hydrogen-bond donors (Lipinski definition) is 2. The van der Waals surface area contributed by atoms with Gasteiger partial charge in [0, 0.05) is 18.3 Å². The standard InChI is InChI=1S/C13H21N5/c1-9-8-11(12(14)15)17-13(16-9)18-7-5-3-4-6-10(18)2/h8,10H,3-7H2,1-2H3,(H3,14,15). The molecule has 1 fully saturated rings. The average Bonchev–Trinajstić information content (AvgIpc) is 2.53. The van der Waals surface area contributed by atoms with Crippen molar-refractivity contribution >= 4 is 11.8 Å². The van der Waals surface area contributed by atoms with Crippen molar-refractivity contribution in [3.63, 3.8) is 0 Å². The molecule has 1 atom stereocenters. The van der Waals surface area contributed by atoms with E-state index in [0.29, 0.717) is 11.7 Å². The summed E-state index contributed by atoms with van der Waals surface area (Å²) in [6.45, 7) is 5.12. The van der Waals surface area contributed by atoms with Crippen molar-refractivity contribution in [2.45, 2.75) is 45.6 Å². The van der Waals surface area contributed by atoms with Crippen LogP contribution in [-0.2, 0) is 0 Å². The van der Waals surface area contributed by atoms with Gasteiger partial charge in [0.25, 0.3) is 0 Å². The van der Waals surface area contributed by atoms with Crippen LogP contribution in [0.25, 0.3) is 0 Å².